The van der Waals surface area contributed by atoms with Crippen molar-refractivity contribution in [2.24, 2.45) is 0 Å². The fourth-order valence-electron chi connectivity index (χ4n) is 1.96. The minimum atomic E-state index is 0.849. The Morgan fingerprint density at radius 3 is 2.67 bits per heavy atom. The first-order valence-electron chi connectivity index (χ1n) is 7.12. The Morgan fingerprint density at radius 1 is 1.11 bits per heavy atom. The molecule has 0 aliphatic carbocycles. The summed E-state index contributed by atoms with van der Waals surface area (Å²) >= 11 is 4.34. The zero-order valence-corrected chi connectivity index (χ0v) is 12.3. The van der Waals surface area contributed by atoms with Gasteiger partial charge in [0.25, 0.3) is 0 Å². The van der Waals surface area contributed by atoms with Crippen molar-refractivity contribution in [3.63, 3.8) is 0 Å². The molecule has 0 fully saturated rings. The van der Waals surface area contributed by atoms with E-state index in [0.29, 0.717) is 0 Å². The molecule has 1 heterocycles. The zero-order valence-electron chi connectivity index (χ0n) is 11.4. The lowest BCUT2D eigenvalue weighted by Crippen LogP contribution is -1.86. The molecular weight excluding hydrogens is 238 g/mol. The van der Waals surface area contributed by atoms with E-state index in [1.807, 2.05) is 6.07 Å². The van der Waals surface area contributed by atoms with Gasteiger partial charge in [0.1, 0.15) is 0 Å². The van der Waals surface area contributed by atoms with Crippen molar-refractivity contribution in [1.29, 1.82) is 0 Å². The van der Waals surface area contributed by atoms with Crippen LogP contribution in [0.25, 0.3) is 0 Å². The first-order valence-corrected chi connectivity index (χ1v) is 7.57. The number of rotatable bonds is 9. The predicted octanol–water partition coefficient (Wildman–Crippen LogP) is 5.22. The van der Waals surface area contributed by atoms with E-state index in [0.717, 1.165) is 11.4 Å². The quantitative estimate of drug-likeness (QED) is 0.366. The lowest BCUT2D eigenvalue weighted by molar-refractivity contribution is 0.611. The summed E-state index contributed by atoms with van der Waals surface area (Å²) < 4.78 is 0. The molecule has 1 aromatic rings. The van der Waals surface area contributed by atoms with Gasteiger partial charge in [-0.15, -0.1) is 12.6 Å². The maximum atomic E-state index is 4.34. The first-order chi connectivity index (χ1) is 8.84. The van der Waals surface area contributed by atoms with Crippen molar-refractivity contribution in [1.82, 2.24) is 4.98 Å². The lowest BCUT2D eigenvalue weighted by Gasteiger charge is -1.99. The largest absolute Gasteiger partial charge is 0.250 e. The van der Waals surface area contributed by atoms with Crippen molar-refractivity contribution in [2.75, 3.05) is 0 Å². The van der Waals surface area contributed by atoms with Crippen molar-refractivity contribution < 1.29 is 0 Å². The van der Waals surface area contributed by atoms with Crippen LogP contribution in [-0.4, -0.2) is 4.98 Å². The van der Waals surface area contributed by atoms with Gasteiger partial charge < -0.3 is 0 Å². The van der Waals surface area contributed by atoms with Crippen molar-refractivity contribution in [3.8, 4) is 0 Å². The Balaban J connectivity index is 2.06. The smallest absolute Gasteiger partial charge is 0.0964 e. The van der Waals surface area contributed by atoms with Gasteiger partial charge in [-0.2, -0.15) is 0 Å². The first kappa shape index (κ1) is 15.3. The second-order valence-corrected chi connectivity index (χ2v) is 5.14. The van der Waals surface area contributed by atoms with Gasteiger partial charge in [0, 0.05) is 6.20 Å². The number of hydrogen-bond donors (Lipinski definition) is 1. The van der Waals surface area contributed by atoms with Gasteiger partial charge in [-0.05, 0) is 30.9 Å². The number of thiol groups is 1. The third kappa shape index (κ3) is 6.85. The fourth-order valence-corrected chi connectivity index (χ4v) is 2.19. The van der Waals surface area contributed by atoms with Crippen LogP contribution >= 0.6 is 12.6 Å². The average Bonchev–Trinajstić information content (AvgIpc) is 2.39. The minimum Gasteiger partial charge on any atom is -0.250 e. The van der Waals surface area contributed by atoms with Gasteiger partial charge >= 0.3 is 0 Å². The summed E-state index contributed by atoms with van der Waals surface area (Å²) in [5.41, 5.74) is 1.21. The number of allylic oxidation sites excluding steroid dienone is 2. The zero-order chi connectivity index (χ0) is 13.1. The standard InChI is InChI=1S/C16H25NS/c1-2-3-4-5-6-7-8-9-10-12-15-13-11-14-17-16(15)18/h9-11,13-14H,2-8,12H2,1H3,(H,17,18). The summed E-state index contributed by atoms with van der Waals surface area (Å²) in [4.78, 5) is 4.17. The van der Waals surface area contributed by atoms with Crippen molar-refractivity contribution in [2.45, 2.75) is 63.3 Å². The molecule has 1 rings (SSSR count). The maximum Gasteiger partial charge on any atom is 0.0964 e. The molecule has 18 heavy (non-hydrogen) atoms. The summed E-state index contributed by atoms with van der Waals surface area (Å²) in [7, 11) is 0. The van der Waals surface area contributed by atoms with Crippen LogP contribution in [0, 0.1) is 0 Å². The number of unbranched alkanes of at least 4 members (excludes halogenated alkanes) is 6. The molecule has 0 aliphatic heterocycles. The molecule has 100 valence electrons. The van der Waals surface area contributed by atoms with Crippen molar-refractivity contribution >= 4 is 12.6 Å². The highest BCUT2D eigenvalue weighted by Gasteiger charge is 1.95. The van der Waals surface area contributed by atoms with E-state index in [1.165, 1.54) is 50.5 Å². The van der Waals surface area contributed by atoms with E-state index in [9.17, 15) is 0 Å². The molecule has 0 spiro atoms. The van der Waals surface area contributed by atoms with Crippen molar-refractivity contribution in [3.05, 3.63) is 36.0 Å². The number of pyridine rings is 1. The van der Waals surface area contributed by atoms with E-state index < -0.39 is 0 Å². The summed E-state index contributed by atoms with van der Waals surface area (Å²) in [6.45, 7) is 2.26. The van der Waals surface area contributed by atoms with Crippen LogP contribution in [0.15, 0.2) is 35.5 Å². The van der Waals surface area contributed by atoms with Crippen LogP contribution in [-0.2, 0) is 6.42 Å². The molecular formula is C16H25NS. The Bertz CT molecular complexity index is 347. The Morgan fingerprint density at radius 2 is 1.89 bits per heavy atom. The van der Waals surface area contributed by atoms with Gasteiger partial charge in [0.2, 0.25) is 0 Å². The van der Waals surface area contributed by atoms with Crippen LogP contribution in [0.3, 0.4) is 0 Å². The molecule has 2 heteroatoms. The highest BCUT2D eigenvalue weighted by atomic mass is 32.1. The Hall–Kier alpha value is -0.760. The normalized spacial score (nSPS) is 11.2. The van der Waals surface area contributed by atoms with Gasteiger partial charge in [0.15, 0.2) is 0 Å². The topological polar surface area (TPSA) is 12.9 Å². The summed E-state index contributed by atoms with van der Waals surface area (Å²) in [5.74, 6) is 0. The van der Waals surface area contributed by atoms with Gasteiger partial charge in [-0.25, -0.2) is 4.98 Å². The Kier molecular flexibility index (Phi) is 8.66. The molecule has 1 nitrogen and oxygen atoms in total. The van der Waals surface area contributed by atoms with E-state index >= 15 is 0 Å². The molecule has 0 saturated carbocycles. The van der Waals surface area contributed by atoms with E-state index in [1.54, 1.807) is 6.20 Å². The van der Waals surface area contributed by atoms with Crippen LogP contribution in [0.1, 0.15) is 57.4 Å². The van der Waals surface area contributed by atoms with Crippen LogP contribution in [0.4, 0.5) is 0 Å². The van der Waals surface area contributed by atoms with E-state index in [2.05, 4.69) is 42.8 Å². The monoisotopic (exact) mass is 263 g/mol. The van der Waals surface area contributed by atoms with Gasteiger partial charge in [0.05, 0.1) is 5.03 Å². The molecule has 0 amide bonds. The molecule has 0 atom stereocenters. The van der Waals surface area contributed by atoms with Gasteiger partial charge in [-0.1, -0.05) is 57.2 Å². The highest BCUT2D eigenvalue weighted by Crippen LogP contribution is 2.11. The molecule has 0 aliphatic rings. The summed E-state index contributed by atoms with van der Waals surface area (Å²) in [6.07, 6.45) is 16.7. The second kappa shape index (κ2) is 10.2. The number of aromatic nitrogens is 1. The molecule has 0 N–H and O–H groups in total. The summed E-state index contributed by atoms with van der Waals surface area (Å²) in [5, 5.41) is 0.849. The second-order valence-electron chi connectivity index (χ2n) is 4.72. The molecule has 0 saturated heterocycles. The van der Waals surface area contributed by atoms with Gasteiger partial charge in [-0.3, -0.25) is 0 Å². The minimum absolute atomic E-state index is 0.849. The molecule has 0 aromatic carbocycles. The number of hydrogen-bond acceptors (Lipinski definition) is 2. The van der Waals surface area contributed by atoms with E-state index in [4.69, 9.17) is 0 Å². The van der Waals surface area contributed by atoms with Crippen LogP contribution in [0.2, 0.25) is 0 Å². The fraction of sp³-hybridized carbons (Fsp3) is 0.562. The molecule has 0 unspecified atom stereocenters. The van der Waals surface area contributed by atoms with Crippen LogP contribution in [0.5, 0.6) is 0 Å². The average molecular weight is 263 g/mol. The maximum absolute atomic E-state index is 4.34. The number of nitrogens with zero attached hydrogens (tertiary/aromatic N) is 1. The molecule has 0 bridgehead atoms. The SMILES string of the molecule is CCCCCCCCC=CCc1cccnc1S. The lowest BCUT2D eigenvalue weighted by atomic mass is 10.1. The highest BCUT2D eigenvalue weighted by molar-refractivity contribution is 7.80. The summed E-state index contributed by atoms with van der Waals surface area (Å²) in [6, 6.07) is 4.06. The Labute approximate surface area is 117 Å². The molecule has 0 radical (unpaired) electrons. The molecule has 1 aromatic heterocycles. The third-order valence-corrected chi connectivity index (χ3v) is 3.50. The van der Waals surface area contributed by atoms with Crippen LogP contribution < -0.4 is 0 Å². The predicted molar refractivity (Wildman–Crippen MR) is 82.3 cm³/mol. The van der Waals surface area contributed by atoms with E-state index in [-0.39, 0.29) is 0 Å². The third-order valence-electron chi connectivity index (χ3n) is 3.10.